The third-order valence-electron chi connectivity index (χ3n) is 3.95. The average molecular weight is 352 g/mol. The van der Waals surface area contributed by atoms with Gasteiger partial charge in [-0.3, -0.25) is 4.79 Å². The number of aromatic nitrogens is 3. The van der Waals surface area contributed by atoms with Crippen LogP contribution in [0.15, 0.2) is 36.5 Å². The number of likely N-dealkylation sites (N-methyl/N-ethyl adjacent to an activating group) is 1. The topological polar surface area (TPSA) is 86.3 Å². The molecule has 8 heteroatoms. The summed E-state index contributed by atoms with van der Waals surface area (Å²) < 4.78 is 5.65. The van der Waals surface area contributed by atoms with E-state index in [4.69, 9.17) is 10.5 Å². The molecular weight excluding hydrogens is 330 g/mol. The van der Waals surface area contributed by atoms with Crippen molar-refractivity contribution in [2.24, 2.45) is 5.73 Å². The van der Waals surface area contributed by atoms with Crippen molar-refractivity contribution in [3.05, 3.63) is 42.2 Å². The number of nitrogens with two attached hydrogens (primary N) is 1. The third kappa shape index (κ3) is 4.11. The molecule has 130 valence electrons. The van der Waals surface area contributed by atoms with Gasteiger partial charge in [-0.2, -0.15) is 15.0 Å². The van der Waals surface area contributed by atoms with Gasteiger partial charge in [-0.05, 0) is 25.0 Å². The van der Waals surface area contributed by atoms with E-state index in [9.17, 15) is 4.79 Å². The summed E-state index contributed by atoms with van der Waals surface area (Å²) >= 11 is 0. The Morgan fingerprint density at radius 1 is 1.38 bits per heavy atom. The summed E-state index contributed by atoms with van der Waals surface area (Å²) in [7, 11) is 1.75. The number of hydrogen-bond donors (Lipinski definition) is 1. The van der Waals surface area contributed by atoms with Crippen LogP contribution in [0.1, 0.15) is 18.5 Å². The molecule has 7 nitrogen and oxygen atoms in total. The van der Waals surface area contributed by atoms with Crippen molar-refractivity contribution < 1.29 is 9.53 Å². The summed E-state index contributed by atoms with van der Waals surface area (Å²) in [5, 5.41) is 8.65. The number of amides is 1. The van der Waals surface area contributed by atoms with Crippen LogP contribution in [-0.4, -0.2) is 51.6 Å². The summed E-state index contributed by atoms with van der Waals surface area (Å²) in [4.78, 5) is 15.6. The molecule has 1 aliphatic heterocycles. The molecule has 1 aromatic carbocycles. The number of carbonyl (C=O) groups excluding carboxylic acids is 1. The number of hydrogen-bond acceptors (Lipinski definition) is 5. The number of ether oxygens (including phenoxy) is 1. The van der Waals surface area contributed by atoms with Crippen LogP contribution < -0.4 is 5.73 Å². The molecule has 0 bridgehead atoms. The summed E-state index contributed by atoms with van der Waals surface area (Å²) in [5.74, 6) is -0.0322. The Morgan fingerprint density at radius 2 is 2.12 bits per heavy atom. The molecule has 0 radical (unpaired) electrons. The van der Waals surface area contributed by atoms with Crippen LogP contribution in [0.5, 0.6) is 0 Å². The molecule has 0 saturated carbocycles. The number of nitrogens with zero attached hydrogens (tertiary/aromatic N) is 4. The van der Waals surface area contributed by atoms with Gasteiger partial charge < -0.3 is 15.4 Å². The van der Waals surface area contributed by atoms with E-state index in [-0.39, 0.29) is 24.4 Å². The SMILES string of the molecule is CN(Cc1cnn(-c2ccccc2)n1)C(=O)[C@@H]1CC[C@H](CN)O1.Cl. The summed E-state index contributed by atoms with van der Waals surface area (Å²) in [6.07, 6.45) is 2.84. The van der Waals surface area contributed by atoms with Crippen molar-refractivity contribution in [2.75, 3.05) is 13.6 Å². The highest BCUT2D eigenvalue weighted by Crippen LogP contribution is 2.20. The molecule has 2 atom stereocenters. The van der Waals surface area contributed by atoms with Gasteiger partial charge in [0, 0.05) is 13.6 Å². The molecule has 1 saturated heterocycles. The molecule has 0 aliphatic carbocycles. The molecule has 2 aromatic rings. The first-order valence-corrected chi connectivity index (χ1v) is 7.74. The van der Waals surface area contributed by atoms with E-state index in [1.54, 1.807) is 22.9 Å². The number of carbonyl (C=O) groups is 1. The zero-order valence-electron chi connectivity index (χ0n) is 13.5. The first kappa shape index (κ1) is 18.4. The molecule has 2 N–H and O–H groups in total. The zero-order chi connectivity index (χ0) is 16.2. The first-order valence-electron chi connectivity index (χ1n) is 7.74. The molecule has 0 unspecified atom stereocenters. The Bertz CT molecular complexity index is 663. The van der Waals surface area contributed by atoms with Crippen molar-refractivity contribution in [2.45, 2.75) is 31.6 Å². The maximum Gasteiger partial charge on any atom is 0.251 e. The Hall–Kier alpha value is -1.96. The van der Waals surface area contributed by atoms with Gasteiger partial charge in [0.15, 0.2) is 0 Å². The molecule has 1 aliphatic rings. The highest BCUT2D eigenvalue weighted by molar-refractivity contribution is 5.85. The second kappa shape index (κ2) is 8.23. The Kier molecular flexibility index (Phi) is 6.30. The standard InChI is InChI=1S/C16H21N5O2.ClH/c1-20(16(22)15-8-7-14(9-17)23-15)11-12-10-18-21(19-12)13-5-3-2-4-6-13;/h2-6,10,14-15H,7-9,11,17H2,1H3;1H/t14-,15+;/m1./s1. The van der Waals surface area contributed by atoms with Gasteiger partial charge in [0.2, 0.25) is 0 Å². The van der Waals surface area contributed by atoms with Gasteiger partial charge in [-0.15, -0.1) is 12.4 Å². The fourth-order valence-corrected chi connectivity index (χ4v) is 2.68. The van der Waals surface area contributed by atoms with Crippen LogP contribution in [0.25, 0.3) is 5.69 Å². The van der Waals surface area contributed by atoms with E-state index in [1.165, 1.54) is 0 Å². The van der Waals surface area contributed by atoms with Crippen LogP contribution in [0, 0.1) is 0 Å². The predicted molar refractivity (Wildman–Crippen MR) is 92.0 cm³/mol. The van der Waals surface area contributed by atoms with Crippen molar-refractivity contribution >= 4 is 18.3 Å². The van der Waals surface area contributed by atoms with Crippen molar-refractivity contribution in [3.8, 4) is 5.69 Å². The molecule has 2 heterocycles. The predicted octanol–water partition coefficient (Wildman–Crippen LogP) is 1.15. The Morgan fingerprint density at radius 3 is 2.79 bits per heavy atom. The maximum absolute atomic E-state index is 12.4. The van der Waals surface area contributed by atoms with E-state index in [2.05, 4.69) is 10.2 Å². The van der Waals surface area contributed by atoms with E-state index >= 15 is 0 Å². The number of para-hydroxylation sites is 1. The van der Waals surface area contributed by atoms with Crippen LogP contribution in [0.2, 0.25) is 0 Å². The quantitative estimate of drug-likeness (QED) is 0.873. The minimum absolute atomic E-state index is 0. The minimum atomic E-state index is -0.391. The van der Waals surface area contributed by atoms with Crippen molar-refractivity contribution in [1.29, 1.82) is 0 Å². The third-order valence-corrected chi connectivity index (χ3v) is 3.95. The van der Waals surface area contributed by atoms with E-state index in [0.717, 1.165) is 24.2 Å². The lowest BCUT2D eigenvalue weighted by atomic mass is 10.2. The lowest BCUT2D eigenvalue weighted by molar-refractivity contribution is -0.142. The molecule has 24 heavy (non-hydrogen) atoms. The normalized spacial score (nSPS) is 19.8. The first-order chi connectivity index (χ1) is 11.2. The van der Waals surface area contributed by atoms with E-state index < -0.39 is 6.10 Å². The molecule has 0 spiro atoms. The fraction of sp³-hybridized carbons (Fsp3) is 0.438. The van der Waals surface area contributed by atoms with Gasteiger partial charge in [0.05, 0.1) is 24.5 Å². The van der Waals surface area contributed by atoms with Gasteiger partial charge >= 0.3 is 0 Å². The zero-order valence-corrected chi connectivity index (χ0v) is 14.4. The highest BCUT2D eigenvalue weighted by Gasteiger charge is 2.31. The highest BCUT2D eigenvalue weighted by atomic mass is 35.5. The molecule has 1 fully saturated rings. The van der Waals surface area contributed by atoms with Crippen molar-refractivity contribution in [1.82, 2.24) is 19.9 Å². The monoisotopic (exact) mass is 351 g/mol. The lowest BCUT2D eigenvalue weighted by Crippen LogP contribution is -2.36. The molecule has 1 aromatic heterocycles. The van der Waals surface area contributed by atoms with Gasteiger partial charge in [-0.1, -0.05) is 18.2 Å². The van der Waals surface area contributed by atoms with Crippen molar-refractivity contribution in [3.63, 3.8) is 0 Å². The van der Waals surface area contributed by atoms with Crippen LogP contribution in [0.3, 0.4) is 0 Å². The summed E-state index contributed by atoms with van der Waals surface area (Å²) in [6, 6.07) is 9.66. The van der Waals surface area contributed by atoms with Crippen LogP contribution >= 0.6 is 12.4 Å². The second-order valence-corrected chi connectivity index (χ2v) is 5.71. The average Bonchev–Trinajstić information content (AvgIpc) is 3.24. The number of halogens is 1. The van der Waals surface area contributed by atoms with Gasteiger partial charge in [0.25, 0.3) is 5.91 Å². The van der Waals surface area contributed by atoms with E-state index in [0.29, 0.717) is 13.1 Å². The lowest BCUT2D eigenvalue weighted by Gasteiger charge is -2.20. The molecule has 3 rings (SSSR count). The molecular formula is C16H22ClN5O2. The van der Waals surface area contributed by atoms with Gasteiger partial charge in [0.1, 0.15) is 11.8 Å². The minimum Gasteiger partial charge on any atom is -0.364 e. The summed E-state index contributed by atoms with van der Waals surface area (Å²) in [5.41, 5.74) is 7.20. The molecule has 1 amide bonds. The number of rotatable bonds is 5. The Balaban J connectivity index is 0.00000208. The maximum atomic E-state index is 12.4. The second-order valence-electron chi connectivity index (χ2n) is 5.71. The van der Waals surface area contributed by atoms with Crippen LogP contribution in [-0.2, 0) is 16.1 Å². The van der Waals surface area contributed by atoms with Gasteiger partial charge in [-0.25, -0.2) is 0 Å². The Labute approximate surface area is 147 Å². The largest absolute Gasteiger partial charge is 0.364 e. The summed E-state index contributed by atoms with van der Waals surface area (Å²) in [6.45, 7) is 0.859. The smallest absolute Gasteiger partial charge is 0.251 e. The van der Waals surface area contributed by atoms with E-state index in [1.807, 2.05) is 30.3 Å². The fourth-order valence-electron chi connectivity index (χ4n) is 2.68. The number of benzene rings is 1. The van der Waals surface area contributed by atoms with Crippen LogP contribution in [0.4, 0.5) is 0 Å².